The van der Waals surface area contributed by atoms with E-state index in [2.05, 4.69) is 17.8 Å². The van der Waals surface area contributed by atoms with Gasteiger partial charge in [-0.2, -0.15) is 0 Å². The second-order valence-corrected chi connectivity index (χ2v) is 5.29. The average Bonchev–Trinajstić information content (AvgIpc) is 2.57. The Hall–Kier alpha value is -2.02. The van der Waals surface area contributed by atoms with Crippen LogP contribution in [0.3, 0.4) is 0 Å². The highest BCUT2D eigenvalue weighted by Crippen LogP contribution is 2.17. The van der Waals surface area contributed by atoms with Crippen LogP contribution in [-0.4, -0.2) is 23.8 Å². The summed E-state index contributed by atoms with van der Waals surface area (Å²) in [6.07, 6.45) is 2.05. The molecule has 0 spiro atoms. The number of anilines is 1. The fourth-order valence-corrected chi connectivity index (χ4v) is 2.13. The summed E-state index contributed by atoms with van der Waals surface area (Å²) in [5.74, 6) is 0.755. The van der Waals surface area contributed by atoms with Crippen LogP contribution in [-0.2, 0) is 6.54 Å². The third-order valence-electron chi connectivity index (χ3n) is 3.42. The van der Waals surface area contributed by atoms with Crippen LogP contribution in [0.25, 0.3) is 0 Å². The van der Waals surface area contributed by atoms with Crippen LogP contribution in [0.4, 0.5) is 5.69 Å². The minimum absolute atomic E-state index is 0.448. The maximum atomic E-state index is 9.34. The van der Waals surface area contributed by atoms with Gasteiger partial charge in [0.15, 0.2) is 0 Å². The van der Waals surface area contributed by atoms with Gasteiger partial charge in [-0.25, -0.2) is 5.43 Å². The Labute approximate surface area is 137 Å². The Morgan fingerprint density at radius 1 is 1.09 bits per heavy atom. The molecule has 0 saturated carbocycles. The maximum Gasteiger partial charge on any atom is 0.488 e. The lowest BCUT2D eigenvalue weighted by Crippen LogP contribution is -2.31. The number of rotatable bonds is 9. The van der Waals surface area contributed by atoms with E-state index in [9.17, 15) is 10.0 Å². The normalized spacial score (nSPS) is 10.4. The van der Waals surface area contributed by atoms with Gasteiger partial charge in [-0.15, -0.1) is 0 Å². The van der Waals surface area contributed by atoms with Gasteiger partial charge < -0.3 is 20.2 Å². The molecule has 0 radical (unpaired) electrons. The van der Waals surface area contributed by atoms with Crippen LogP contribution in [0.1, 0.15) is 25.3 Å². The second-order valence-electron chi connectivity index (χ2n) is 5.29. The van der Waals surface area contributed by atoms with Crippen LogP contribution < -0.4 is 21.1 Å². The molecule has 2 aromatic rings. The van der Waals surface area contributed by atoms with Crippen molar-refractivity contribution in [1.29, 1.82) is 0 Å². The summed E-state index contributed by atoms with van der Waals surface area (Å²) in [6.45, 7) is 3.26. The molecule has 0 aliphatic heterocycles. The first-order valence-corrected chi connectivity index (χ1v) is 7.86. The molecule has 0 aliphatic rings. The summed E-state index contributed by atoms with van der Waals surface area (Å²) < 4.78 is 5.78. The van der Waals surface area contributed by atoms with Gasteiger partial charge >= 0.3 is 7.12 Å². The Balaban J connectivity index is 2.02. The number of nitrogens with one attached hydrogen (secondary N) is 2. The zero-order valence-corrected chi connectivity index (χ0v) is 13.3. The van der Waals surface area contributed by atoms with E-state index in [0.717, 1.165) is 29.8 Å². The number of hydrogen-bond acceptors (Lipinski definition) is 5. The predicted molar refractivity (Wildman–Crippen MR) is 93.6 cm³/mol. The van der Waals surface area contributed by atoms with Crippen LogP contribution >= 0.6 is 0 Å². The molecule has 0 fully saturated rings. The minimum Gasteiger partial charge on any atom is -0.493 e. The molecular weight excluding hydrogens is 291 g/mol. The van der Waals surface area contributed by atoms with Crippen molar-refractivity contribution in [3.05, 3.63) is 54.1 Å². The van der Waals surface area contributed by atoms with Gasteiger partial charge in [0.1, 0.15) is 5.75 Å². The SMILES string of the molecule is CCCCOc1ccc(B(O)O)cc1CNNc1ccccc1. The molecule has 5 nitrogen and oxygen atoms in total. The molecule has 6 heteroatoms. The lowest BCUT2D eigenvalue weighted by atomic mass is 9.79. The number of benzene rings is 2. The molecule has 0 amide bonds. The summed E-state index contributed by atoms with van der Waals surface area (Å²) in [5.41, 5.74) is 8.50. The first kappa shape index (κ1) is 17.3. The summed E-state index contributed by atoms with van der Waals surface area (Å²) in [4.78, 5) is 0. The van der Waals surface area contributed by atoms with Crippen molar-refractivity contribution < 1.29 is 14.8 Å². The van der Waals surface area contributed by atoms with E-state index in [0.29, 0.717) is 18.6 Å². The van der Waals surface area contributed by atoms with Gasteiger partial charge in [0, 0.05) is 17.8 Å². The van der Waals surface area contributed by atoms with Gasteiger partial charge in [-0.05, 0) is 30.1 Å². The van der Waals surface area contributed by atoms with E-state index >= 15 is 0 Å². The molecule has 0 aliphatic carbocycles. The second kappa shape index (κ2) is 9.20. The minimum atomic E-state index is -1.49. The maximum absolute atomic E-state index is 9.34. The Kier molecular flexibility index (Phi) is 6.93. The van der Waals surface area contributed by atoms with E-state index in [1.807, 2.05) is 30.3 Å². The lowest BCUT2D eigenvalue weighted by Gasteiger charge is -2.14. The Morgan fingerprint density at radius 3 is 2.57 bits per heavy atom. The highest BCUT2D eigenvalue weighted by molar-refractivity contribution is 6.58. The molecule has 2 aromatic carbocycles. The summed E-state index contributed by atoms with van der Waals surface area (Å²) >= 11 is 0. The Bertz CT molecular complexity index is 594. The molecule has 0 aromatic heterocycles. The average molecular weight is 314 g/mol. The first-order chi connectivity index (χ1) is 11.2. The topological polar surface area (TPSA) is 73.8 Å². The van der Waals surface area contributed by atoms with Crippen molar-refractivity contribution in [3.8, 4) is 5.75 Å². The molecule has 0 saturated heterocycles. The molecule has 0 atom stereocenters. The van der Waals surface area contributed by atoms with Crippen LogP contribution in [0.2, 0.25) is 0 Å². The molecule has 2 rings (SSSR count). The Morgan fingerprint density at radius 2 is 1.87 bits per heavy atom. The van der Waals surface area contributed by atoms with E-state index in [-0.39, 0.29) is 0 Å². The van der Waals surface area contributed by atoms with Crippen molar-refractivity contribution >= 4 is 18.3 Å². The number of unbranched alkanes of at least 4 members (excludes halogenated alkanes) is 1. The van der Waals surface area contributed by atoms with E-state index in [1.54, 1.807) is 18.2 Å². The first-order valence-electron chi connectivity index (χ1n) is 7.86. The zero-order chi connectivity index (χ0) is 16.5. The predicted octanol–water partition coefficient (Wildman–Crippen LogP) is 1.66. The van der Waals surface area contributed by atoms with Crippen molar-refractivity contribution in [2.75, 3.05) is 12.0 Å². The largest absolute Gasteiger partial charge is 0.493 e. The van der Waals surface area contributed by atoms with Crippen LogP contribution in [0.5, 0.6) is 5.75 Å². The number of ether oxygens (including phenoxy) is 1. The third-order valence-corrected chi connectivity index (χ3v) is 3.42. The molecular formula is C17H23BN2O3. The fraction of sp³-hybridized carbons (Fsp3) is 0.294. The standard InChI is InChI=1S/C17H23BN2O3/c1-2-3-11-23-17-10-9-15(18(21)22)12-14(17)13-19-20-16-7-5-4-6-8-16/h4-10,12,19-22H,2-3,11,13H2,1H3. The van der Waals surface area contributed by atoms with Crippen molar-refractivity contribution in [2.45, 2.75) is 26.3 Å². The fourth-order valence-electron chi connectivity index (χ4n) is 2.13. The summed E-state index contributed by atoms with van der Waals surface area (Å²) in [7, 11) is -1.49. The quantitative estimate of drug-likeness (QED) is 0.322. The number of para-hydroxylation sites is 1. The van der Waals surface area contributed by atoms with Gasteiger partial charge in [0.2, 0.25) is 0 Å². The van der Waals surface area contributed by atoms with Crippen molar-refractivity contribution in [1.82, 2.24) is 5.43 Å². The monoisotopic (exact) mass is 314 g/mol. The summed E-state index contributed by atoms with van der Waals surface area (Å²) in [6, 6.07) is 15.0. The van der Waals surface area contributed by atoms with Crippen molar-refractivity contribution in [3.63, 3.8) is 0 Å². The highest BCUT2D eigenvalue weighted by atomic mass is 16.5. The van der Waals surface area contributed by atoms with E-state index in [4.69, 9.17) is 4.74 Å². The third kappa shape index (κ3) is 5.60. The molecule has 0 bridgehead atoms. The zero-order valence-electron chi connectivity index (χ0n) is 13.3. The number of hydrazine groups is 1. The summed E-state index contributed by atoms with van der Waals surface area (Å²) in [5, 5.41) is 18.7. The van der Waals surface area contributed by atoms with Gasteiger partial charge in [-0.1, -0.05) is 43.7 Å². The van der Waals surface area contributed by atoms with Crippen molar-refractivity contribution in [2.24, 2.45) is 0 Å². The lowest BCUT2D eigenvalue weighted by molar-refractivity contribution is 0.306. The van der Waals surface area contributed by atoms with Crippen LogP contribution in [0, 0.1) is 0 Å². The van der Waals surface area contributed by atoms with Gasteiger partial charge in [0.05, 0.1) is 6.61 Å². The molecule has 122 valence electrons. The molecule has 0 unspecified atom stereocenters. The van der Waals surface area contributed by atoms with E-state index in [1.165, 1.54) is 0 Å². The van der Waals surface area contributed by atoms with E-state index < -0.39 is 7.12 Å². The molecule has 4 N–H and O–H groups in total. The number of hydrogen-bond donors (Lipinski definition) is 4. The molecule has 0 heterocycles. The smallest absolute Gasteiger partial charge is 0.488 e. The molecule has 23 heavy (non-hydrogen) atoms. The van der Waals surface area contributed by atoms with Gasteiger partial charge in [-0.3, -0.25) is 0 Å². The van der Waals surface area contributed by atoms with Crippen LogP contribution in [0.15, 0.2) is 48.5 Å². The van der Waals surface area contributed by atoms with Gasteiger partial charge in [0.25, 0.3) is 0 Å². The highest BCUT2D eigenvalue weighted by Gasteiger charge is 2.14.